The number of fused-ring (bicyclic) bond motifs is 1. The van der Waals surface area contributed by atoms with Gasteiger partial charge in [0, 0.05) is 30.8 Å². The molecule has 2 heterocycles. The number of hydrogen-bond acceptors (Lipinski definition) is 3. The van der Waals surface area contributed by atoms with Crippen molar-refractivity contribution in [3.05, 3.63) is 47.0 Å². The fourth-order valence-corrected chi connectivity index (χ4v) is 4.55. The zero-order chi connectivity index (χ0) is 20.4. The number of benzene rings is 1. The van der Waals surface area contributed by atoms with E-state index in [-0.39, 0.29) is 17.6 Å². The second-order valence-electron chi connectivity index (χ2n) is 8.13. The molecule has 154 valence electrons. The Morgan fingerprint density at radius 2 is 1.90 bits per heavy atom. The predicted octanol–water partition coefficient (Wildman–Crippen LogP) is 3.01. The van der Waals surface area contributed by atoms with E-state index in [9.17, 15) is 14.0 Å². The Labute approximate surface area is 169 Å². The molecule has 1 unspecified atom stereocenters. The molecule has 7 heteroatoms. The Bertz CT molecular complexity index is 906. The lowest BCUT2D eigenvalue weighted by Crippen LogP contribution is -2.40. The molecule has 1 saturated heterocycles. The summed E-state index contributed by atoms with van der Waals surface area (Å²) in [5, 5.41) is 4.70. The lowest BCUT2D eigenvalue weighted by atomic mass is 9.92. The second-order valence-corrected chi connectivity index (χ2v) is 8.13. The average molecular weight is 398 g/mol. The number of amides is 2. The Kier molecular flexibility index (Phi) is 5.65. The first kappa shape index (κ1) is 19.6. The monoisotopic (exact) mass is 398 g/mol. The third kappa shape index (κ3) is 4.18. The van der Waals surface area contributed by atoms with Gasteiger partial charge in [-0.3, -0.25) is 9.59 Å². The normalized spacial score (nSPS) is 19.1. The van der Waals surface area contributed by atoms with Crippen molar-refractivity contribution in [3.63, 3.8) is 0 Å². The first-order valence-electron chi connectivity index (χ1n) is 10.5. The van der Waals surface area contributed by atoms with Crippen molar-refractivity contribution in [3.8, 4) is 5.69 Å². The summed E-state index contributed by atoms with van der Waals surface area (Å²) in [5.74, 6) is -0.315. The third-order valence-corrected chi connectivity index (χ3v) is 6.06. The Hall–Kier alpha value is -2.70. The maximum absolute atomic E-state index is 13.4. The van der Waals surface area contributed by atoms with E-state index in [0.29, 0.717) is 31.1 Å². The summed E-state index contributed by atoms with van der Waals surface area (Å²) in [7, 11) is 0. The van der Waals surface area contributed by atoms with E-state index in [1.54, 1.807) is 12.1 Å². The van der Waals surface area contributed by atoms with Gasteiger partial charge in [0.15, 0.2) is 5.69 Å². The minimum absolute atomic E-state index is 0.0345. The van der Waals surface area contributed by atoms with Crippen LogP contribution in [-0.2, 0) is 17.6 Å². The fourth-order valence-electron chi connectivity index (χ4n) is 4.55. The van der Waals surface area contributed by atoms with Crippen LogP contribution < -0.4 is 5.73 Å². The molecule has 1 aliphatic carbocycles. The summed E-state index contributed by atoms with van der Waals surface area (Å²) in [6, 6.07) is 6.24. The van der Waals surface area contributed by atoms with E-state index in [4.69, 9.17) is 10.8 Å². The largest absolute Gasteiger partial charge is 0.370 e. The number of likely N-dealkylation sites (tertiary alicyclic amines) is 1. The van der Waals surface area contributed by atoms with Gasteiger partial charge in [0.25, 0.3) is 5.91 Å². The summed E-state index contributed by atoms with van der Waals surface area (Å²) in [4.78, 5) is 26.3. The van der Waals surface area contributed by atoms with Gasteiger partial charge in [-0.15, -0.1) is 0 Å². The van der Waals surface area contributed by atoms with E-state index >= 15 is 0 Å². The van der Waals surface area contributed by atoms with Gasteiger partial charge in [0.2, 0.25) is 5.91 Å². The van der Waals surface area contributed by atoms with Crippen molar-refractivity contribution in [2.24, 2.45) is 11.7 Å². The fraction of sp³-hybridized carbons (Fsp3) is 0.500. The molecule has 1 aromatic carbocycles. The first-order chi connectivity index (χ1) is 14.0. The molecule has 6 nitrogen and oxygen atoms in total. The number of piperidine rings is 1. The zero-order valence-corrected chi connectivity index (χ0v) is 16.6. The van der Waals surface area contributed by atoms with E-state index in [2.05, 4.69) is 0 Å². The van der Waals surface area contributed by atoms with Crippen molar-refractivity contribution in [2.45, 2.75) is 51.4 Å². The van der Waals surface area contributed by atoms with Crippen molar-refractivity contribution >= 4 is 11.8 Å². The maximum Gasteiger partial charge on any atom is 0.274 e. The van der Waals surface area contributed by atoms with Crippen molar-refractivity contribution in [2.75, 3.05) is 13.1 Å². The average Bonchev–Trinajstić information content (AvgIpc) is 3.12. The Morgan fingerprint density at radius 1 is 1.14 bits per heavy atom. The van der Waals surface area contributed by atoms with Crippen LogP contribution in [0, 0.1) is 11.7 Å². The van der Waals surface area contributed by atoms with Gasteiger partial charge in [0.1, 0.15) is 5.82 Å². The van der Waals surface area contributed by atoms with Crippen molar-refractivity contribution in [1.29, 1.82) is 0 Å². The number of nitrogens with two attached hydrogens (primary N) is 1. The van der Waals surface area contributed by atoms with Gasteiger partial charge in [-0.1, -0.05) is 0 Å². The highest BCUT2D eigenvalue weighted by Gasteiger charge is 2.31. The molecule has 2 aliphatic rings. The molecule has 1 fully saturated rings. The molecule has 2 amide bonds. The van der Waals surface area contributed by atoms with Gasteiger partial charge in [-0.25, -0.2) is 9.07 Å². The van der Waals surface area contributed by atoms with Crippen LogP contribution in [0.15, 0.2) is 24.3 Å². The van der Waals surface area contributed by atoms with Gasteiger partial charge < -0.3 is 10.6 Å². The van der Waals surface area contributed by atoms with E-state index in [1.807, 2.05) is 9.58 Å². The summed E-state index contributed by atoms with van der Waals surface area (Å²) < 4.78 is 15.2. The highest BCUT2D eigenvalue weighted by atomic mass is 19.1. The van der Waals surface area contributed by atoms with Crippen LogP contribution in [0.2, 0.25) is 0 Å². The first-order valence-corrected chi connectivity index (χ1v) is 10.5. The topological polar surface area (TPSA) is 81.2 Å². The zero-order valence-electron chi connectivity index (χ0n) is 16.6. The van der Waals surface area contributed by atoms with Crippen LogP contribution in [0.4, 0.5) is 4.39 Å². The lowest BCUT2D eigenvalue weighted by Gasteiger charge is -2.32. The highest BCUT2D eigenvalue weighted by molar-refractivity contribution is 5.94. The van der Waals surface area contributed by atoms with Crippen LogP contribution in [0.3, 0.4) is 0 Å². The number of hydrogen-bond donors (Lipinski definition) is 1. The standard InChI is InChI=1S/C22H27FN4O2/c23-16-8-10-17(11-9-16)27-19-6-2-1-5-18(19)21(25-27)22(29)26-13-3-4-15(14-26)7-12-20(24)28/h8-11,15H,1-7,12-14H2,(H2,24,28). The van der Waals surface area contributed by atoms with Gasteiger partial charge in [-0.2, -0.15) is 5.10 Å². The second kappa shape index (κ2) is 8.35. The summed E-state index contributed by atoms with van der Waals surface area (Å²) in [5.41, 5.74) is 8.69. The third-order valence-electron chi connectivity index (χ3n) is 6.06. The van der Waals surface area contributed by atoms with Crippen molar-refractivity contribution < 1.29 is 14.0 Å². The number of rotatable bonds is 5. The van der Waals surface area contributed by atoms with Crippen LogP contribution in [0.5, 0.6) is 0 Å². The molecule has 0 spiro atoms. The van der Waals surface area contributed by atoms with Gasteiger partial charge in [-0.05, 0) is 75.1 Å². The number of aromatic nitrogens is 2. The summed E-state index contributed by atoms with van der Waals surface area (Å²) in [6.07, 6.45) is 6.85. The Balaban J connectivity index is 1.60. The minimum Gasteiger partial charge on any atom is -0.370 e. The molecule has 29 heavy (non-hydrogen) atoms. The van der Waals surface area contributed by atoms with E-state index in [1.165, 1.54) is 12.1 Å². The number of nitrogens with zero attached hydrogens (tertiary/aromatic N) is 3. The molecule has 1 atom stereocenters. The molecular weight excluding hydrogens is 371 g/mol. The Morgan fingerprint density at radius 3 is 2.66 bits per heavy atom. The molecule has 0 bridgehead atoms. The molecule has 0 radical (unpaired) electrons. The molecule has 2 N–H and O–H groups in total. The smallest absolute Gasteiger partial charge is 0.274 e. The number of halogens is 1. The maximum atomic E-state index is 13.4. The predicted molar refractivity (Wildman–Crippen MR) is 107 cm³/mol. The molecule has 2 aromatic rings. The number of carbonyl (C=O) groups excluding carboxylic acids is 2. The van der Waals surface area contributed by atoms with Crippen LogP contribution in [0.25, 0.3) is 5.69 Å². The number of primary amides is 1. The molecule has 4 rings (SSSR count). The van der Waals surface area contributed by atoms with Gasteiger partial charge >= 0.3 is 0 Å². The minimum atomic E-state index is -0.291. The summed E-state index contributed by atoms with van der Waals surface area (Å²) >= 11 is 0. The molecule has 0 saturated carbocycles. The quantitative estimate of drug-likeness (QED) is 0.841. The van der Waals surface area contributed by atoms with E-state index < -0.39 is 0 Å². The molecule has 1 aromatic heterocycles. The highest BCUT2D eigenvalue weighted by Crippen LogP contribution is 2.29. The van der Waals surface area contributed by atoms with Crippen LogP contribution in [-0.4, -0.2) is 39.6 Å². The summed E-state index contributed by atoms with van der Waals surface area (Å²) in [6.45, 7) is 1.36. The van der Waals surface area contributed by atoms with Crippen LogP contribution >= 0.6 is 0 Å². The SMILES string of the molecule is NC(=O)CCC1CCCN(C(=O)c2nn(-c3ccc(F)cc3)c3c2CCCC3)C1. The van der Waals surface area contributed by atoms with Crippen LogP contribution in [0.1, 0.15) is 60.3 Å². The van der Waals surface area contributed by atoms with Gasteiger partial charge in [0.05, 0.1) is 5.69 Å². The molecular formula is C22H27FN4O2. The van der Waals surface area contributed by atoms with Crippen molar-refractivity contribution in [1.82, 2.24) is 14.7 Å². The number of carbonyl (C=O) groups is 2. The lowest BCUT2D eigenvalue weighted by molar-refractivity contribution is -0.118. The molecule has 1 aliphatic heterocycles. The van der Waals surface area contributed by atoms with E-state index in [0.717, 1.165) is 61.9 Å².